The number of hydrogen-bond acceptors (Lipinski definition) is 3. The number of imide groups is 1. The Balaban J connectivity index is 1.61. The Morgan fingerprint density at radius 2 is 1.83 bits per heavy atom. The zero-order chi connectivity index (χ0) is 20.7. The summed E-state index contributed by atoms with van der Waals surface area (Å²) in [6.45, 7) is 5.92. The average molecular weight is 388 g/mol. The van der Waals surface area contributed by atoms with Gasteiger partial charge >= 0.3 is 0 Å². The average Bonchev–Trinajstić information content (AvgIpc) is 2.97. The maximum atomic E-state index is 13.0. The summed E-state index contributed by atoms with van der Waals surface area (Å²) in [5, 5.41) is 2.93. The number of aryl methyl sites for hydroxylation is 1. The number of fused-ring (bicyclic) bond motifs is 1. The van der Waals surface area contributed by atoms with Crippen LogP contribution in [0.3, 0.4) is 0 Å². The van der Waals surface area contributed by atoms with Crippen molar-refractivity contribution in [3.8, 4) is 0 Å². The number of hydrogen-bond donors (Lipinski definition) is 1. The number of nitrogens with one attached hydrogen (secondary N) is 1. The molecule has 3 amide bonds. The summed E-state index contributed by atoms with van der Waals surface area (Å²) in [5.74, 6) is -1.22. The molecule has 0 spiro atoms. The third kappa shape index (κ3) is 3.27. The number of carbonyl (C=O) groups is 3. The van der Waals surface area contributed by atoms with Crippen molar-refractivity contribution in [2.45, 2.75) is 27.2 Å². The number of amides is 3. The molecule has 2 aromatic rings. The lowest BCUT2D eigenvalue weighted by atomic mass is 9.78. The molecule has 1 heterocycles. The van der Waals surface area contributed by atoms with E-state index in [4.69, 9.17) is 0 Å². The van der Waals surface area contributed by atoms with Crippen LogP contribution in [0.2, 0.25) is 0 Å². The van der Waals surface area contributed by atoms with Gasteiger partial charge in [-0.2, -0.15) is 0 Å². The van der Waals surface area contributed by atoms with Crippen LogP contribution in [0.25, 0.3) is 0 Å². The first-order valence-corrected chi connectivity index (χ1v) is 9.90. The van der Waals surface area contributed by atoms with Crippen molar-refractivity contribution in [2.75, 3.05) is 10.2 Å². The number of rotatable bonds is 3. The first kappa shape index (κ1) is 19.1. The Bertz CT molecular complexity index is 1040. The molecule has 29 heavy (non-hydrogen) atoms. The fraction of sp³-hybridized carbons (Fsp3) is 0.292. The predicted molar refractivity (Wildman–Crippen MR) is 113 cm³/mol. The molecule has 1 saturated heterocycles. The molecule has 3 atom stereocenters. The number of anilines is 2. The number of nitrogens with zero attached hydrogens (tertiary/aromatic N) is 1. The molecule has 0 saturated carbocycles. The number of carbonyl (C=O) groups excluding carboxylic acids is 3. The van der Waals surface area contributed by atoms with Gasteiger partial charge in [0.05, 0.1) is 17.5 Å². The molecule has 0 aromatic heterocycles. The van der Waals surface area contributed by atoms with Crippen LogP contribution >= 0.6 is 0 Å². The monoisotopic (exact) mass is 388 g/mol. The fourth-order valence-electron chi connectivity index (χ4n) is 4.27. The molecule has 0 unspecified atom stereocenters. The number of allylic oxidation sites excluding steroid dienone is 2. The molecular weight excluding hydrogens is 364 g/mol. The van der Waals surface area contributed by atoms with Crippen LogP contribution in [0.4, 0.5) is 11.4 Å². The molecule has 1 aliphatic heterocycles. The minimum Gasteiger partial charge on any atom is -0.322 e. The van der Waals surface area contributed by atoms with E-state index in [9.17, 15) is 14.4 Å². The Kier molecular flexibility index (Phi) is 4.82. The van der Waals surface area contributed by atoms with Crippen LogP contribution < -0.4 is 10.2 Å². The van der Waals surface area contributed by atoms with E-state index in [1.54, 1.807) is 24.3 Å². The maximum absolute atomic E-state index is 13.0. The molecule has 5 heteroatoms. The molecule has 148 valence electrons. The van der Waals surface area contributed by atoms with Crippen molar-refractivity contribution >= 4 is 29.1 Å². The summed E-state index contributed by atoms with van der Waals surface area (Å²) in [6.07, 6.45) is 4.57. The second kappa shape index (κ2) is 7.32. The smallest absolute Gasteiger partial charge is 0.255 e. The van der Waals surface area contributed by atoms with E-state index in [1.165, 1.54) is 4.90 Å². The second-order valence-corrected chi connectivity index (χ2v) is 7.92. The van der Waals surface area contributed by atoms with Gasteiger partial charge in [-0.1, -0.05) is 37.3 Å². The minimum absolute atomic E-state index is 0.0333. The summed E-state index contributed by atoms with van der Waals surface area (Å²) in [4.78, 5) is 40.0. The van der Waals surface area contributed by atoms with Gasteiger partial charge in [0.2, 0.25) is 11.8 Å². The highest BCUT2D eigenvalue weighted by molar-refractivity contribution is 6.22. The molecule has 4 rings (SSSR count). The van der Waals surface area contributed by atoms with Crippen molar-refractivity contribution in [1.82, 2.24) is 0 Å². The van der Waals surface area contributed by atoms with Crippen molar-refractivity contribution in [3.05, 3.63) is 71.3 Å². The van der Waals surface area contributed by atoms with Crippen molar-refractivity contribution in [2.24, 2.45) is 17.8 Å². The van der Waals surface area contributed by atoms with Gasteiger partial charge < -0.3 is 5.32 Å². The largest absolute Gasteiger partial charge is 0.322 e. The van der Waals surface area contributed by atoms with Crippen LogP contribution in [0.15, 0.2) is 54.6 Å². The third-order valence-corrected chi connectivity index (χ3v) is 6.09. The van der Waals surface area contributed by atoms with Crippen molar-refractivity contribution in [1.29, 1.82) is 0 Å². The van der Waals surface area contributed by atoms with Gasteiger partial charge in [-0.15, -0.1) is 0 Å². The van der Waals surface area contributed by atoms with Gasteiger partial charge in [0, 0.05) is 11.3 Å². The fourth-order valence-corrected chi connectivity index (χ4v) is 4.27. The van der Waals surface area contributed by atoms with Gasteiger partial charge in [-0.25, -0.2) is 0 Å². The second-order valence-electron chi connectivity index (χ2n) is 7.92. The summed E-state index contributed by atoms with van der Waals surface area (Å²) in [7, 11) is 0. The van der Waals surface area contributed by atoms with Gasteiger partial charge in [0.25, 0.3) is 5.91 Å². The highest BCUT2D eigenvalue weighted by Gasteiger charge is 2.50. The van der Waals surface area contributed by atoms with Crippen molar-refractivity contribution in [3.63, 3.8) is 0 Å². The molecule has 0 radical (unpaired) electrons. The maximum Gasteiger partial charge on any atom is 0.255 e. The standard InChI is InChI=1S/C24H24N2O3/c1-14-7-5-12-20(16(14)3)25-22(27)17-9-6-10-18(13-17)26-23(28)19-11-4-8-15(2)21(19)24(26)29/h4-10,12-13,15,19,21H,11H2,1-3H3,(H,25,27)/t15-,19+,21-/m0/s1. The first-order valence-electron chi connectivity index (χ1n) is 9.90. The summed E-state index contributed by atoms with van der Waals surface area (Å²) in [6, 6.07) is 12.5. The highest BCUT2D eigenvalue weighted by Crippen LogP contribution is 2.40. The number of benzene rings is 2. The zero-order valence-electron chi connectivity index (χ0n) is 16.8. The Morgan fingerprint density at radius 1 is 1.07 bits per heavy atom. The zero-order valence-corrected chi connectivity index (χ0v) is 16.8. The van der Waals surface area contributed by atoms with Gasteiger partial charge in [-0.05, 0) is 61.6 Å². The lowest BCUT2D eigenvalue weighted by Gasteiger charge is -2.22. The van der Waals surface area contributed by atoms with Crippen LogP contribution in [-0.2, 0) is 9.59 Å². The molecule has 0 bridgehead atoms. The molecule has 2 aromatic carbocycles. The SMILES string of the molecule is Cc1cccc(NC(=O)c2cccc(N3C(=O)[C@H]4[C@@H](C)C=CC[C@H]4C3=O)c2)c1C. The lowest BCUT2D eigenvalue weighted by molar-refractivity contribution is -0.122. The molecule has 1 N–H and O–H groups in total. The van der Waals surface area contributed by atoms with E-state index in [2.05, 4.69) is 5.32 Å². The van der Waals surface area contributed by atoms with Gasteiger partial charge in [0.15, 0.2) is 0 Å². The van der Waals surface area contributed by atoms with E-state index in [-0.39, 0.29) is 35.5 Å². The third-order valence-electron chi connectivity index (χ3n) is 6.09. The molecule has 1 fully saturated rings. The lowest BCUT2D eigenvalue weighted by Crippen LogP contribution is -2.31. The van der Waals surface area contributed by atoms with E-state index in [0.717, 1.165) is 16.8 Å². The summed E-state index contributed by atoms with van der Waals surface area (Å²) in [5.41, 5.74) is 3.71. The topological polar surface area (TPSA) is 66.5 Å². The first-order chi connectivity index (χ1) is 13.9. The van der Waals surface area contributed by atoms with E-state index >= 15 is 0 Å². The summed E-state index contributed by atoms with van der Waals surface area (Å²) >= 11 is 0. The molecule has 5 nitrogen and oxygen atoms in total. The Morgan fingerprint density at radius 3 is 2.59 bits per heavy atom. The summed E-state index contributed by atoms with van der Waals surface area (Å²) < 4.78 is 0. The quantitative estimate of drug-likeness (QED) is 0.631. The van der Waals surface area contributed by atoms with Crippen LogP contribution in [0, 0.1) is 31.6 Å². The Hall–Kier alpha value is -3.21. The van der Waals surface area contributed by atoms with Gasteiger partial charge in [-0.3, -0.25) is 19.3 Å². The van der Waals surface area contributed by atoms with Crippen LogP contribution in [0.1, 0.15) is 34.8 Å². The van der Waals surface area contributed by atoms with E-state index < -0.39 is 0 Å². The Labute approximate surface area is 170 Å². The molecule has 2 aliphatic rings. The molecular formula is C24H24N2O3. The van der Waals surface area contributed by atoms with E-state index in [1.807, 2.05) is 51.1 Å². The van der Waals surface area contributed by atoms with E-state index in [0.29, 0.717) is 17.7 Å². The highest BCUT2D eigenvalue weighted by atomic mass is 16.2. The van der Waals surface area contributed by atoms with Crippen molar-refractivity contribution < 1.29 is 14.4 Å². The predicted octanol–water partition coefficient (Wildman–Crippen LogP) is 4.26. The molecule has 1 aliphatic carbocycles. The van der Waals surface area contributed by atoms with Crippen LogP contribution in [-0.4, -0.2) is 17.7 Å². The normalized spacial score (nSPS) is 23.3. The van der Waals surface area contributed by atoms with Gasteiger partial charge in [0.1, 0.15) is 0 Å². The van der Waals surface area contributed by atoms with Crippen LogP contribution in [0.5, 0.6) is 0 Å². The minimum atomic E-state index is -0.320.